The molecule has 0 bridgehead atoms. The van der Waals surface area contributed by atoms with E-state index in [1.54, 1.807) is 28.7 Å². The van der Waals surface area contributed by atoms with Crippen LogP contribution in [0.2, 0.25) is 0 Å². The maximum Gasteiger partial charge on any atom is 0.195 e. The lowest BCUT2D eigenvalue weighted by molar-refractivity contribution is 0.105. The molecule has 3 aromatic heterocycles. The van der Waals surface area contributed by atoms with Gasteiger partial charge in [0.1, 0.15) is 0 Å². The molecule has 0 saturated heterocycles. The molecular weight excluding hydrogens is 292 g/mol. The van der Waals surface area contributed by atoms with E-state index in [4.69, 9.17) is 0 Å². The summed E-state index contributed by atoms with van der Waals surface area (Å²) in [4.78, 5) is 16.3. The second-order valence-corrected chi connectivity index (χ2v) is 6.86. The third kappa shape index (κ3) is 2.92. The van der Waals surface area contributed by atoms with Crippen LogP contribution >= 0.6 is 34.0 Å². The van der Waals surface area contributed by atoms with Gasteiger partial charge in [0.25, 0.3) is 0 Å². The third-order valence-corrected chi connectivity index (χ3v) is 5.55. The van der Waals surface area contributed by atoms with Crippen molar-refractivity contribution in [2.45, 2.75) is 0 Å². The van der Waals surface area contributed by atoms with Crippen LogP contribution in [0.4, 0.5) is 0 Å². The maximum absolute atomic E-state index is 11.8. The molecule has 0 atom stereocenters. The number of allylic oxidation sites excluding steroid dienone is 1. The Bertz CT molecular complexity index is 688. The molecule has 3 rings (SSSR count). The number of hydrogen-bond donors (Lipinski definition) is 0. The maximum atomic E-state index is 11.8. The largest absolute Gasteiger partial charge is 0.288 e. The Labute approximate surface area is 123 Å². The molecule has 3 aromatic rings. The first kappa shape index (κ1) is 12.5. The first-order chi connectivity index (χ1) is 9.33. The molecule has 0 fully saturated rings. The summed E-state index contributed by atoms with van der Waals surface area (Å²) in [5, 5.41) is 3.99. The molecule has 19 heavy (non-hydrogen) atoms. The Morgan fingerprint density at radius 3 is 2.53 bits per heavy atom. The molecule has 0 aromatic carbocycles. The summed E-state index contributed by atoms with van der Waals surface area (Å²) in [6.07, 6.45) is 3.54. The van der Waals surface area contributed by atoms with E-state index in [0.29, 0.717) is 0 Å². The molecule has 4 heteroatoms. The monoisotopic (exact) mass is 302 g/mol. The highest BCUT2D eigenvalue weighted by molar-refractivity contribution is 7.21. The van der Waals surface area contributed by atoms with Crippen LogP contribution < -0.4 is 0 Å². The zero-order valence-corrected chi connectivity index (χ0v) is 12.4. The van der Waals surface area contributed by atoms with Crippen molar-refractivity contribution in [2.75, 3.05) is 0 Å². The lowest BCUT2D eigenvalue weighted by Gasteiger charge is -1.88. The van der Waals surface area contributed by atoms with Crippen LogP contribution in [-0.4, -0.2) is 5.78 Å². The summed E-state index contributed by atoms with van der Waals surface area (Å²) < 4.78 is 0. The van der Waals surface area contributed by atoms with Gasteiger partial charge in [0.2, 0.25) is 0 Å². The fraction of sp³-hybridized carbons (Fsp3) is 0. The zero-order chi connectivity index (χ0) is 13.1. The molecule has 0 amide bonds. The first-order valence-corrected chi connectivity index (χ1v) is 8.30. The molecule has 0 radical (unpaired) electrons. The van der Waals surface area contributed by atoms with E-state index in [-0.39, 0.29) is 5.78 Å². The molecule has 0 N–H and O–H groups in total. The second-order valence-electron chi connectivity index (χ2n) is 3.85. The van der Waals surface area contributed by atoms with Crippen molar-refractivity contribution in [3.05, 3.63) is 63.0 Å². The lowest BCUT2D eigenvalue weighted by atomic mass is 10.3. The molecule has 0 aliphatic carbocycles. The molecule has 0 aliphatic heterocycles. The summed E-state index contributed by atoms with van der Waals surface area (Å²) >= 11 is 4.91. The number of thiophene rings is 3. The highest BCUT2D eigenvalue weighted by Gasteiger charge is 2.04. The van der Waals surface area contributed by atoms with Gasteiger partial charge < -0.3 is 0 Å². The van der Waals surface area contributed by atoms with Crippen LogP contribution in [0.1, 0.15) is 14.5 Å². The van der Waals surface area contributed by atoms with Gasteiger partial charge in [-0.15, -0.1) is 34.0 Å². The van der Waals surface area contributed by atoms with Gasteiger partial charge in [0, 0.05) is 14.6 Å². The Morgan fingerprint density at radius 1 is 0.947 bits per heavy atom. The predicted molar refractivity (Wildman–Crippen MR) is 85.3 cm³/mol. The van der Waals surface area contributed by atoms with E-state index in [1.807, 2.05) is 23.6 Å². The van der Waals surface area contributed by atoms with Crippen LogP contribution in [0.3, 0.4) is 0 Å². The molecule has 94 valence electrons. The Balaban J connectivity index is 1.76. The molecule has 3 heterocycles. The molecule has 0 saturated carbocycles. The second kappa shape index (κ2) is 5.65. The number of carbonyl (C=O) groups excluding carboxylic acids is 1. The van der Waals surface area contributed by atoms with Crippen molar-refractivity contribution in [3.63, 3.8) is 0 Å². The highest BCUT2D eigenvalue weighted by Crippen LogP contribution is 2.32. The van der Waals surface area contributed by atoms with E-state index < -0.39 is 0 Å². The van der Waals surface area contributed by atoms with Gasteiger partial charge in [-0.3, -0.25) is 4.79 Å². The minimum atomic E-state index is 0.0704. The Hall–Kier alpha value is -1.49. The predicted octanol–water partition coefficient (Wildman–Crippen LogP) is 5.43. The molecule has 0 unspecified atom stereocenters. The zero-order valence-electron chi connectivity index (χ0n) is 9.91. The Morgan fingerprint density at radius 2 is 1.79 bits per heavy atom. The number of rotatable bonds is 4. The summed E-state index contributed by atoms with van der Waals surface area (Å²) in [5.41, 5.74) is 0. The highest BCUT2D eigenvalue weighted by atomic mass is 32.1. The minimum absolute atomic E-state index is 0.0704. The van der Waals surface area contributed by atoms with Crippen molar-refractivity contribution in [1.82, 2.24) is 0 Å². The normalized spacial score (nSPS) is 11.2. The quantitative estimate of drug-likeness (QED) is 0.463. The third-order valence-electron chi connectivity index (χ3n) is 2.55. The van der Waals surface area contributed by atoms with Gasteiger partial charge in [-0.25, -0.2) is 0 Å². The van der Waals surface area contributed by atoms with Gasteiger partial charge in [-0.05, 0) is 47.2 Å². The SMILES string of the molecule is O=C(/C=C/c1ccc(-c2cccs2)s1)c1cccs1. The van der Waals surface area contributed by atoms with E-state index in [0.717, 1.165) is 9.75 Å². The summed E-state index contributed by atoms with van der Waals surface area (Å²) in [6.45, 7) is 0. The molecule has 0 spiro atoms. The van der Waals surface area contributed by atoms with E-state index in [1.165, 1.54) is 21.1 Å². The smallest absolute Gasteiger partial charge is 0.195 e. The standard InChI is InChI=1S/C15H10OS3/c16-12(13-3-1-9-17-13)7-5-11-6-8-15(19-11)14-4-2-10-18-14/h1-10H/b7-5+. The lowest BCUT2D eigenvalue weighted by Crippen LogP contribution is -1.87. The van der Waals surface area contributed by atoms with Gasteiger partial charge in [-0.2, -0.15) is 0 Å². The van der Waals surface area contributed by atoms with Crippen LogP contribution in [0, 0.1) is 0 Å². The number of ketones is 1. The van der Waals surface area contributed by atoms with Crippen molar-refractivity contribution in [3.8, 4) is 9.75 Å². The first-order valence-electron chi connectivity index (χ1n) is 5.72. The number of hydrogen-bond acceptors (Lipinski definition) is 4. The topological polar surface area (TPSA) is 17.1 Å². The van der Waals surface area contributed by atoms with Crippen LogP contribution in [0.5, 0.6) is 0 Å². The fourth-order valence-electron chi connectivity index (χ4n) is 1.65. The van der Waals surface area contributed by atoms with Crippen molar-refractivity contribution >= 4 is 45.9 Å². The van der Waals surface area contributed by atoms with Crippen LogP contribution in [-0.2, 0) is 0 Å². The molecule has 1 nitrogen and oxygen atoms in total. The Kier molecular flexibility index (Phi) is 3.73. The average molecular weight is 302 g/mol. The van der Waals surface area contributed by atoms with Crippen molar-refractivity contribution < 1.29 is 4.79 Å². The van der Waals surface area contributed by atoms with Gasteiger partial charge in [-0.1, -0.05) is 12.1 Å². The van der Waals surface area contributed by atoms with E-state index in [9.17, 15) is 4.79 Å². The van der Waals surface area contributed by atoms with Crippen molar-refractivity contribution in [2.24, 2.45) is 0 Å². The van der Waals surface area contributed by atoms with Gasteiger partial charge in [0.15, 0.2) is 5.78 Å². The summed E-state index contributed by atoms with van der Waals surface area (Å²) in [6, 6.07) is 12.1. The van der Waals surface area contributed by atoms with Crippen LogP contribution in [0.15, 0.2) is 53.2 Å². The minimum Gasteiger partial charge on any atom is -0.288 e. The molecule has 0 aliphatic rings. The van der Waals surface area contributed by atoms with E-state index in [2.05, 4.69) is 29.6 Å². The summed E-state index contributed by atoms with van der Waals surface area (Å²) in [7, 11) is 0. The molecular formula is C15H10OS3. The van der Waals surface area contributed by atoms with Crippen LogP contribution in [0.25, 0.3) is 15.8 Å². The van der Waals surface area contributed by atoms with Gasteiger partial charge in [0.05, 0.1) is 4.88 Å². The van der Waals surface area contributed by atoms with E-state index >= 15 is 0 Å². The van der Waals surface area contributed by atoms with Gasteiger partial charge >= 0.3 is 0 Å². The fourth-order valence-corrected chi connectivity index (χ4v) is 4.04. The van der Waals surface area contributed by atoms with Crippen molar-refractivity contribution in [1.29, 1.82) is 0 Å². The summed E-state index contributed by atoms with van der Waals surface area (Å²) in [5.74, 6) is 0.0704. The average Bonchev–Trinajstić information content (AvgIpc) is 3.14. The number of carbonyl (C=O) groups is 1.